The van der Waals surface area contributed by atoms with E-state index in [4.69, 9.17) is 0 Å². The molecule has 1 aromatic carbocycles. The first-order valence-electron chi connectivity index (χ1n) is 8.37. The molecule has 0 bridgehead atoms. The largest absolute Gasteiger partial charge is 0.352 e. The van der Waals surface area contributed by atoms with Crippen molar-refractivity contribution in [3.63, 3.8) is 0 Å². The molecule has 0 saturated carbocycles. The van der Waals surface area contributed by atoms with Crippen molar-refractivity contribution in [2.24, 2.45) is 0 Å². The van der Waals surface area contributed by atoms with E-state index in [0.717, 1.165) is 42.2 Å². The summed E-state index contributed by atoms with van der Waals surface area (Å²) < 4.78 is 0. The number of fused-ring (bicyclic) bond motifs is 3. The van der Waals surface area contributed by atoms with Gasteiger partial charge in [-0.1, -0.05) is 12.1 Å². The van der Waals surface area contributed by atoms with Crippen molar-refractivity contribution in [3.05, 3.63) is 55.9 Å². The van der Waals surface area contributed by atoms with Crippen LogP contribution in [0.1, 0.15) is 39.5 Å². The van der Waals surface area contributed by atoms with Gasteiger partial charge in [-0.3, -0.25) is 14.9 Å². The summed E-state index contributed by atoms with van der Waals surface area (Å²) in [7, 11) is 0. The number of nitrogens with zero attached hydrogens (tertiary/aromatic N) is 1. The highest BCUT2D eigenvalue weighted by Crippen LogP contribution is 2.40. The highest BCUT2D eigenvalue weighted by atomic mass is 32.1. The summed E-state index contributed by atoms with van der Waals surface area (Å²) in [5.41, 5.74) is 2.35. The molecule has 3 N–H and O–H groups in total. The lowest BCUT2D eigenvalue weighted by Gasteiger charge is -2.27. The van der Waals surface area contributed by atoms with Crippen molar-refractivity contribution < 1.29 is 14.6 Å². The lowest BCUT2D eigenvalue weighted by Crippen LogP contribution is -3.11. The molecule has 0 spiro atoms. The molecule has 0 saturated heterocycles. The zero-order valence-corrected chi connectivity index (χ0v) is 14.6. The van der Waals surface area contributed by atoms with E-state index in [1.165, 1.54) is 15.8 Å². The van der Waals surface area contributed by atoms with Crippen LogP contribution >= 0.6 is 11.3 Å². The Kier molecular flexibility index (Phi) is 3.93. The van der Waals surface area contributed by atoms with Crippen molar-refractivity contribution in [1.82, 2.24) is 5.32 Å². The van der Waals surface area contributed by atoms with Crippen molar-refractivity contribution in [2.45, 2.75) is 26.1 Å². The van der Waals surface area contributed by atoms with Crippen LogP contribution in [0.15, 0.2) is 24.3 Å². The SMILES string of the molecule is CC[NH+]1CCc2c(sc3c2C(=O)N[C@@H](c2ccccc2[N+](=O)[O-])N3)C1. The van der Waals surface area contributed by atoms with Crippen LogP contribution in [-0.2, 0) is 13.0 Å². The number of quaternary nitrogens is 1. The van der Waals surface area contributed by atoms with Gasteiger partial charge in [0.15, 0.2) is 0 Å². The predicted octanol–water partition coefficient (Wildman–Crippen LogP) is 1.47. The van der Waals surface area contributed by atoms with Crippen LogP contribution in [0, 0.1) is 10.1 Å². The van der Waals surface area contributed by atoms with Gasteiger partial charge in [-0.15, -0.1) is 11.3 Å². The first-order chi connectivity index (χ1) is 12.1. The van der Waals surface area contributed by atoms with Gasteiger partial charge in [0.05, 0.1) is 34.0 Å². The third-order valence-corrected chi connectivity index (χ3v) is 6.12. The Bertz CT molecular complexity index is 864. The summed E-state index contributed by atoms with van der Waals surface area (Å²) in [4.78, 5) is 26.3. The fourth-order valence-corrected chi connectivity index (χ4v) is 4.95. The number of carbonyl (C=O) groups excluding carboxylic acids is 1. The highest BCUT2D eigenvalue weighted by Gasteiger charge is 2.35. The molecule has 2 aliphatic rings. The smallest absolute Gasteiger partial charge is 0.276 e. The predicted molar refractivity (Wildman–Crippen MR) is 95.0 cm³/mol. The van der Waals surface area contributed by atoms with Crippen LogP contribution in [0.4, 0.5) is 10.7 Å². The Morgan fingerprint density at radius 2 is 2.16 bits per heavy atom. The van der Waals surface area contributed by atoms with Gasteiger partial charge < -0.3 is 15.5 Å². The van der Waals surface area contributed by atoms with E-state index in [1.54, 1.807) is 29.5 Å². The third kappa shape index (κ3) is 2.67. The second-order valence-corrected chi connectivity index (χ2v) is 7.46. The quantitative estimate of drug-likeness (QED) is 0.572. The molecule has 8 heteroatoms. The van der Waals surface area contributed by atoms with Crippen LogP contribution in [0.25, 0.3) is 0 Å². The summed E-state index contributed by atoms with van der Waals surface area (Å²) in [5, 5.41) is 18.3. The van der Waals surface area contributed by atoms with Crippen LogP contribution in [-0.4, -0.2) is 23.9 Å². The summed E-state index contributed by atoms with van der Waals surface area (Å²) in [5.74, 6) is -0.144. The monoisotopic (exact) mass is 359 g/mol. The Labute approximate surface area is 148 Å². The zero-order valence-electron chi connectivity index (χ0n) is 13.8. The van der Waals surface area contributed by atoms with Gasteiger partial charge in [0, 0.05) is 12.5 Å². The summed E-state index contributed by atoms with van der Waals surface area (Å²) >= 11 is 1.61. The molecule has 3 heterocycles. The van der Waals surface area contributed by atoms with Gasteiger partial charge in [-0.05, 0) is 18.6 Å². The molecule has 25 heavy (non-hydrogen) atoms. The molecule has 7 nitrogen and oxygen atoms in total. The van der Waals surface area contributed by atoms with Crippen LogP contribution in [0.3, 0.4) is 0 Å². The number of thiophene rings is 1. The average Bonchev–Trinajstić information content (AvgIpc) is 2.99. The average molecular weight is 359 g/mol. The lowest BCUT2D eigenvalue weighted by molar-refractivity contribution is -0.913. The third-order valence-electron chi connectivity index (χ3n) is 4.95. The van der Waals surface area contributed by atoms with Crippen molar-refractivity contribution >= 4 is 27.9 Å². The molecule has 1 amide bonds. The molecule has 2 aliphatic heterocycles. The van der Waals surface area contributed by atoms with E-state index < -0.39 is 11.1 Å². The van der Waals surface area contributed by atoms with Crippen molar-refractivity contribution in [1.29, 1.82) is 0 Å². The van der Waals surface area contributed by atoms with E-state index in [-0.39, 0.29) is 11.6 Å². The minimum Gasteiger partial charge on any atom is -0.352 e. The topological polar surface area (TPSA) is 88.7 Å². The molecule has 130 valence electrons. The van der Waals surface area contributed by atoms with Crippen molar-refractivity contribution in [3.8, 4) is 0 Å². The number of amides is 1. The van der Waals surface area contributed by atoms with Gasteiger partial charge in [0.25, 0.3) is 11.6 Å². The fraction of sp³-hybridized carbons (Fsp3) is 0.353. The number of benzene rings is 1. The van der Waals surface area contributed by atoms with E-state index in [2.05, 4.69) is 17.6 Å². The molecule has 1 aromatic heterocycles. The summed E-state index contributed by atoms with van der Waals surface area (Å²) in [6.45, 7) is 5.21. The molecule has 0 radical (unpaired) electrons. The Hall–Kier alpha value is -2.45. The molecular formula is C17H19N4O3S+. The van der Waals surface area contributed by atoms with Crippen molar-refractivity contribution in [2.75, 3.05) is 18.4 Å². The lowest BCUT2D eigenvalue weighted by atomic mass is 10.00. The number of hydrogen-bond acceptors (Lipinski definition) is 5. The number of nitrogens with one attached hydrogen (secondary N) is 3. The summed E-state index contributed by atoms with van der Waals surface area (Å²) in [6, 6.07) is 6.51. The van der Waals surface area contributed by atoms with Gasteiger partial charge in [0.2, 0.25) is 0 Å². The molecule has 0 fully saturated rings. The van der Waals surface area contributed by atoms with E-state index >= 15 is 0 Å². The number of hydrogen-bond donors (Lipinski definition) is 3. The Morgan fingerprint density at radius 3 is 2.92 bits per heavy atom. The number of para-hydroxylation sites is 1. The molecule has 4 rings (SSSR count). The van der Waals surface area contributed by atoms with E-state index in [0.29, 0.717) is 5.56 Å². The van der Waals surface area contributed by atoms with Gasteiger partial charge in [-0.2, -0.15) is 0 Å². The van der Waals surface area contributed by atoms with Crippen LogP contribution in [0.5, 0.6) is 0 Å². The van der Waals surface area contributed by atoms with E-state index in [9.17, 15) is 14.9 Å². The maximum Gasteiger partial charge on any atom is 0.276 e. The molecule has 2 atom stereocenters. The van der Waals surface area contributed by atoms with E-state index in [1.807, 2.05) is 0 Å². The zero-order chi connectivity index (χ0) is 17.6. The summed E-state index contributed by atoms with van der Waals surface area (Å²) in [6.07, 6.45) is 0.312. The Balaban J connectivity index is 1.70. The molecule has 2 aromatic rings. The number of nitro groups is 1. The Morgan fingerprint density at radius 1 is 1.36 bits per heavy atom. The maximum atomic E-state index is 12.7. The second-order valence-electron chi connectivity index (χ2n) is 6.35. The highest BCUT2D eigenvalue weighted by molar-refractivity contribution is 7.16. The number of anilines is 1. The fourth-order valence-electron chi connectivity index (χ4n) is 3.60. The number of likely N-dealkylation sites (N-methyl/N-ethyl adjacent to an activating group) is 1. The normalized spacial score (nSPS) is 21.7. The number of carbonyl (C=O) groups is 1. The minimum absolute atomic E-state index is 0.00618. The maximum absolute atomic E-state index is 12.7. The van der Waals surface area contributed by atoms with Gasteiger partial charge in [-0.25, -0.2) is 0 Å². The standard InChI is InChI=1S/C17H18N4O3S/c1-2-20-8-7-11-13(9-20)25-17-14(11)16(22)18-15(19-17)10-5-3-4-6-12(10)21(23)24/h3-6,15,19H,2,7-9H2,1H3,(H,18,22)/p+1/t15-/m1/s1. The van der Waals surface area contributed by atoms with Gasteiger partial charge in [0.1, 0.15) is 17.7 Å². The molecule has 1 unspecified atom stereocenters. The van der Waals surface area contributed by atoms with Crippen LogP contribution < -0.4 is 15.5 Å². The first kappa shape index (κ1) is 16.0. The molecule has 0 aliphatic carbocycles. The second kappa shape index (κ2) is 6.12. The first-order valence-corrected chi connectivity index (χ1v) is 9.19. The number of rotatable bonds is 3. The number of nitro benzene ring substituents is 1. The van der Waals surface area contributed by atoms with Crippen LogP contribution in [0.2, 0.25) is 0 Å². The van der Waals surface area contributed by atoms with Gasteiger partial charge >= 0.3 is 0 Å². The minimum atomic E-state index is -0.587. The molecular weight excluding hydrogens is 340 g/mol.